The van der Waals surface area contributed by atoms with E-state index in [0.717, 1.165) is 50.3 Å². The minimum atomic E-state index is 0.0322. The molecule has 1 atom stereocenters. The van der Waals surface area contributed by atoms with Crippen LogP contribution in [0.4, 0.5) is 5.82 Å². The Hall–Kier alpha value is -2.27. The van der Waals surface area contributed by atoms with Gasteiger partial charge in [-0.1, -0.05) is 12.1 Å². The maximum atomic E-state index is 12.5. The summed E-state index contributed by atoms with van der Waals surface area (Å²) in [5.41, 5.74) is 2.02. The molecule has 1 saturated heterocycles. The Morgan fingerprint density at radius 3 is 3.00 bits per heavy atom. The van der Waals surface area contributed by atoms with Gasteiger partial charge in [-0.05, 0) is 50.6 Å². The van der Waals surface area contributed by atoms with Crippen LogP contribution in [0.3, 0.4) is 0 Å². The molecular formula is C19H24N4O. The zero-order valence-corrected chi connectivity index (χ0v) is 14.1. The molecule has 24 heavy (non-hydrogen) atoms. The number of carbonyl (C=O) groups excluding carboxylic acids is 1. The number of nitrogens with zero attached hydrogens (tertiary/aromatic N) is 3. The summed E-state index contributed by atoms with van der Waals surface area (Å²) in [4.78, 5) is 23.6. The maximum Gasteiger partial charge on any atom is 0.229 e. The molecule has 0 spiro atoms. The summed E-state index contributed by atoms with van der Waals surface area (Å²) in [5, 5.41) is 2.96. The lowest BCUT2D eigenvalue weighted by atomic mass is 9.97. The van der Waals surface area contributed by atoms with Gasteiger partial charge < -0.3 is 10.2 Å². The molecule has 1 unspecified atom stereocenters. The van der Waals surface area contributed by atoms with Crippen molar-refractivity contribution in [2.24, 2.45) is 5.92 Å². The average molecular weight is 324 g/mol. The number of hydrogen-bond acceptors (Lipinski definition) is 4. The van der Waals surface area contributed by atoms with Gasteiger partial charge in [0.05, 0.1) is 5.92 Å². The van der Waals surface area contributed by atoms with E-state index in [0.29, 0.717) is 5.82 Å². The molecule has 126 valence electrons. The van der Waals surface area contributed by atoms with Crippen molar-refractivity contribution in [3.63, 3.8) is 0 Å². The zero-order valence-electron chi connectivity index (χ0n) is 14.1. The third kappa shape index (κ3) is 4.61. The number of piperidine rings is 1. The summed E-state index contributed by atoms with van der Waals surface area (Å²) in [6.45, 7) is 4.74. The van der Waals surface area contributed by atoms with Crippen LogP contribution in [0.5, 0.6) is 0 Å². The van der Waals surface area contributed by atoms with Gasteiger partial charge in [-0.25, -0.2) is 4.98 Å². The summed E-state index contributed by atoms with van der Waals surface area (Å²) in [7, 11) is 0. The minimum absolute atomic E-state index is 0.0322. The number of rotatable bonds is 5. The Labute approximate surface area is 143 Å². The number of amides is 1. The average Bonchev–Trinajstić information content (AvgIpc) is 2.61. The third-order valence-electron chi connectivity index (χ3n) is 4.43. The van der Waals surface area contributed by atoms with Gasteiger partial charge in [0, 0.05) is 37.1 Å². The van der Waals surface area contributed by atoms with Gasteiger partial charge in [-0.2, -0.15) is 0 Å². The predicted molar refractivity (Wildman–Crippen MR) is 94.7 cm³/mol. The zero-order chi connectivity index (χ0) is 16.8. The monoisotopic (exact) mass is 324 g/mol. The molecule has 2 aromatic heterocycles. The van der Waals surface area contributed by atoms with Crippen molar-refractivity contribution >= 4 is 11.7 Å². The number of hydrogen-bond donors (Lipinski definition) is 1. The van der Waals surface area contributed by atoms with Gasteiger partial charge >= 0.3 is 0 Å². The van der Waals surface area contributed by atoms with Crippen LogP contribution < -0.4 is 5.32 Å². The fourth-order valence-corrected chi connectivity index (χ4v) is 3.13. The van der Waals surface area contributed by atoms with Gasteiger partial charge in [-0.3, -0.25) is 9.78 Å². The van der Waals surface area contributed by atoms with Crippen molar-refractivity contribution in [2.75, 3.05) is 25.0 Å². The second-order valence-corrected chi connectivity index (χ2v) is 6.36. The van der Waals surface area contributed by atoms with E-state index >= 15 is 0 Å². The van der Waals surface area contributed by atoms with Crippen LogP contribution in [0.25, 0.3) is 0 Å². The van der Waals surface area contributed by atoms with E-state index in [1.807, 2.05) is 43.5 Å². The highest BCUT2D eigenvalue weighted by Gasteiger charge is 2.25. The van der Waals surface area contributed by atoms with Gasteiger partial charge in [0.2, 0.25) is 5.91 Å². The first-order chi connectivity index (χ1) is 11.7. The molecule has 1 amide bonds. The maximum absolute atomic E-state index is 12.5. The van der Waals surface area contributed by atoms with Gasteiger partial charge in [0.15, 0.2) is 0 Å². The van der Waals surface area contributed by atoms with E-state index in [1.165, 1.54) is 0 Å². The molecule has 0 saturated carbocycles. The number of aromatic nitrogens is 2. The molecule has 0 bridgehead atoms. The third-order valence-corrected chi connectivity index (χ3v) is 4.43. The van der Waals surface area contributed by atoms with E-state index in [1.54, 1.807) is 0 Å². The van der Waals surface area contributed by atoms with Gasteiger partial charge in [-0.15, -0.1) is 0 Å². The quantitative estimate of drug-likeness (QED) is 0.919. The number of carbonyl (C=O) groups is 1. The van der Waals surface area contributed by atoms with Crippen LogP contribution in [0.2, 0.25) is 0 Å². The van der Waals surface area contributed by atoms with Crippen LogP contribution in [-0.2, 0) is 11.2 Å². The molecule has 1 aliphatic heterocycles. The van der Waals surface area contributed by atoms with Gasteiger partial charge in [0.1, 0.15) is 5.82 Å². The van der Waals surface area contributed by atoms with E-state index < -0.39 is 0 Å². The van der Waals surface area contributed by atoms with Crippen molar-refractivity contribution in [3.8, 4) is 0 Å². The van der Waals surface area contributed by atoms with E-state index in [9.17, 15) is 4.79 Å². The lowest BCUT2D eigenvalue weighted by molar-refractivity contribution is -0.121. The van der Waals surface area contributed by atoms with E-state index in [4.69, 9.17) is 0 Å². The van der Waals surface area contributed by atoms with Gasteiger partial charge in [0.25, 0.3) is 0 Å². The first-order valence-electron chi connectivity index (χ1n) is 8.57. The van der Waals surface area contributed by atoms with Crippen molar-refractivity contribution < 1.29 is 4.79 Å². The highest BCUT2D eigenvalue weighted by Crippen LogP contribution is 2.18. The van der Waals surface area contributed by atoms with Crippen LogP contribution in [0, 0.1) is 12.8 Å². The number of aryl methyl sites for hydroxylation is 1. The number of anilines is 1. The smallest absolute Gasteiger partial charge is 0.229 e. The fourth-order valence-electron chi connectivity index (χ4n) is 3.13. The molecule has 0 aromatic carbocycles. The second-order valence-electron chi connectivity index (χ2n) is 6.36. The fraction of sp³-hybridized carbons (Fsp3) is 0.421. The van der Waals surface area contributed by atoms with Crippen LogP contribution in [-0.4, -0.2) is 40.4 Å². The van der Waals surface area contributed by atoms with E-state index in [-0.39, 0.29) is 11.8 Å². The summed E-state index contributed by atoms with van der Waals surface area (Å²) in [6.07, 6.45) is 4.75. The normalized spacial score (nSPS) is 18.3. The van der Waals surface area contributed by atoms with E-state index in [2.05, 4.69) is 26.3 Å². The molecular weight excluding hydrogens is 300 g/mol. The summed E-state index contributed by atoms with van der Waals surface area (Å²) >= 11 is 0. The van der Waals surface area contributed by atoms with Crippen molar-refractivity contribution in [1.82, 2.24) is 14.9 Å². The number of pyridine rings is 2. The topological polar surface area (TPSA) is 58.1 Å². The standard InChI is InChI=1S/C19H24N4O/c1-15-6-4-9-18(21-15)22-19(24)16-7-5-12-23(14-16)13-10-17-8-2-3-11-20-17/h2-4,6,8-9,11,16H,5,7,10,12-14H2,1H3,(H,21,22,24). The molecule has 5 heteroatoms. The largest absolute Gasteiger partial charge is 0.310 e. The molecule has 2 aromatic rings. The molecule has 0 radical (unpaired) electrons. The molecule has 5 nitrogen and oxygen atoms in total. The lowest BCUT2D eigenvalue weighted by Gasteiger charge is -2.31. The second kappa shape index (κ2) is 8.02. The van der Waals surface area contributed by atoms with Crippen LogP contribution in [0.1, 0.15) is 24.2 Å². The highest BCUT2D eigenvalue weighted by atomic mass is 16.2. The molecule has 3 heterocycles. The number of likely N-dealkylation sites (tertiary alicyclic amines) is 1. The number of nitrogens with one attached hydrogen (secondary N) is 1. The Morgan fingerprint density at radius 1 is 1.29 bits per heavy atom. The Kier molecular flexibility index (Phi) is 5.54. The molecule has 1 N–H and O–H groups in total. The lowest BCUT2D eigenvalue weighted by Crippen LogP contribution is -2.41. The van der Waals surface area contributed by atoms with Crippen molar-refractivity contribution in [1.29, 1.82) is 0 Å². The summed E-state index contributed by atoms with van der Waals surface area (Å²) < 4.78 is 0. The van der Waals surface area contributed by atoms with Crippen molar-refractivity contribution in [2.45, 2.75) is 26.2 Å². The minimum Gasteiger partial charge on any atom is -0.310 e. The summed E-state index contributed by atoms with van der Waals surface area (Å²) in [5.74, 6) is 0.756. The molecule has 1 fully saturated rings. The molecule has 1 aliphatic rings. The van der Waals surface area contributed by atoms with Crippen LogP contribution in [0.15, 0.2) is 42.6 Å². The first kappa shape index (κ1) is 16.6. The predicted octanol–water partition coefficient (Wildman–Crippen LogP) is 2.68. The van der Waals surface area contributed by atoms with Crippen molar-refractivity contribution in [3.05, 3.63) is 54.0 Å². The Balaban J connectivity index is 1.52. The Morgan fingerprint density at radius 2 is 2.21 bits per heavy atom. The highest BCUT2D eigenvalue weighted by molar-refractivity contribution is 5.91. The molecule has 0 aliphatic carbocycles. The Bertz CT molecular complexity index is 674. The SMILES string of the molecule is Cc1cccc(NC(=O)C2CCCN(CCc3ccccn3)C2)n1. The van der Waals surface area contributed by atoms with Crippen LogP contribution >= 0.6 is 0 Å². The summed E-state index contributed by atoms with van der Waals surface area (Å²) in [6, 6.07) is 11.7. The first-order valence-corrected chi connectivity index (χ1v) is 8.57. The molecule has 3 rings (SSSR count).